The standard InChI is InChI=1S/C12H15ClN2O3/c1-7(12(17)18)4-5-15-8-2-3-9(11(14)16)10(13)6-8/h2-3,6-7,15H,4-5H2,1H3,(H2,14,16)(H,17,18). The van der Waals surface area contributed by atoms with Crippen molar-refractivity contribution in [2.24, 2.45) is 11.7 Å². The summed E-state index contributed by atoms with van der Waals surface area (Å²) in [6.07, 6.45) is 0.504. The zero-order valence-electron chi connectivity index (χ0n) is 9.94. The number of primary amides is 1. The van der Waals surface area contributed by atoms with Crippen LogP contribution in [0.15, 0.2) is 18.2 Å². The van der Waals surface area contributed by atoms with Gasteiger partial charge in [0.2, 0.25) is 5.91 Å². The van der Waals surface area contributed by atoms with Crippen molar-refractivity contribution in [3.8, 4) is 0 Å². The fourth-order valence-electron chi connectivity index (χ4n) is 1.38. The third-order valence-electron chi connectivity index (χ3n) is 2.56. The van der Waals surface area contributed by atoms with Crippen molar-refractivity contribution in [1.82, 2.24) is 0 Å². The van der Waals surface area contributed by atoms with Gasteiger partial charge in [0.05, 0.1) is 16.5 Å². The lowest BCUT2D eigenvalue weighted by Gasteiger charge is -2.10. The van der Waals surface area contributed by atoms with E-state index in [1.807, 2.05) is 0 Å². The second-order valence-electron chi connectivity index (χ2n) is 4.01. The zero-order chi connectivity index (χ0) is 13.7. The fraction of sp³-hybridized carbons (Fsp3) is 0.333. The lowest BCUT2D eigenvalue weighted by Crippen LogP contribution is -2.15. The monoisotopic (exact) mass is 270 g/mol. The van der Waals surface area contributed by atoms with E-state index in [1.54, 1.807) is 19.1 Å². The maximum absolute atomic E-state index is 11.0. The fourth-order valence-corrected chi connectivity index (χ4v) is 1.66. The Labute approximate surface area is 110 Å². The van der Waals surface area contributed by atoms with E-state index in [1.165, 1.54) is 6.07 Å². The number of nitrogens with one attached hydrogen (secondary N) is 1. The molecule has 1 aromatic rings. The molecule has 1 aromatic carbocycles. The lowest BCUT2D eigenvalue weighted by molar-refractivity contribution is -0.141. The van der Waals surface area contributed by atoms with Gasteiger partial charge in [-0.05, 0) is 24.6 Å². The number of hydrogen-bond acceptors (Lipinski definition) is 3. The minimum absolute atomic E-state index is 0.265. The number of carbonyl (C=O) groups is 2. The molecule has 1 atom stereocenters. The maximum Gasteiger partial charge on any atom is 0.306 e. The molecule has 0 aliphatic carbocycles. The molecule has 1 unspecified atom stereocenters. The highest BCUT2D eigenvalue weighted by Gasteiger charge is 2.10. The quantitative estimate of drug-likeness (QED) is 0.737. The topological polar surface area (TPSA) is 92.4 Å². The molecule has 6 heteroatoms. The van der Waals surface area contributed by atoms with Gasteiger partial charge in [-0.25, -0.2) is 0 Å². The minimum atomic E-state index is -0.820. The van der Waals surface area contributed by atoms with E-state index in [0.717, 1.165) is 5.69 Å². The average Bonchev–Trinajstić information content (AvgIpc) is 2.28. The lowest BCUT2D eigenvalue weighted by atomic mass is 10.1. The highest BCUT2D eigenvalue weighted by Crippen LogP contribution is 2.20. The van der Waals surface area contributed by atoms with Crippen molar-refractivity contribution in [3.63, 3.8) is 0 Å². The molecule has 0 saturated heterocycles. The number of carboxylic acid groups (broad SMARTS) is 1. The van der Waals surface area contributed by atoms with Crippen LogP contribution < -0.4 is 11.1 Å². The van der Waals surface area contributed by atoms with Crippen molar-refractivity contribution in [1.29, 1.82) is 0 Å². The third kappa shape index (κ3) is 3.92. The van der Waals surface area contributed by atoms with Crippen molar-refractivity contribution in [2.75, 3.05) is 11.9 Å². The molecule has 0 heterocycles. The molecule has 98 valence electrons. The maximum atomic E-state index is 11.0. The van der Waals surface area contributed by atoms with Gasteiger partial charge in [0.15, 0.2) is 0 Å². The van der Waals surface area contributed by atoms with Crippen LogP contribution in [0, 0.1) is 5.92 Å². The molecule has 4 N–H and O–H groups in total. The molecule has 1 amide bonds. The van der Waals surface area contributed by atoms with E-state index < -0.39 is 17.8 Å². The summed E-state index contributed by atoms with van der Waals surface area (Å²) in [5.41, 5.74) is 6.12. The molecule has 0 spiro atoms. The number of benzene rings is 1. The molecule has 0 aliphatic rings. The van der Waals surface area contributed by atoms with E-state index in [-0.39, 0.29) is 10.6 Å². The predicted molar refractivity (Wildman–Crippen MR) is 69.9 cm³/mol. The first-order valence-electron chi connectivity index (χ1n) is 5.48. The Hall–Kier alpha value is -1.75. The van der Waals surface area contributed by atoms with Crippen molar-refractivity contribution in [3.05, 3.63) is 28.8 Å². The van der Waals surface area contributed by atoms with Crippen LogP contribution in [0.4, 0.5) is 5.69 Å². The Morgan fingerprint density at radius 2 is 2.17 bits per heavy atom. The SMILES string of the molecule is CC(CCNc1ccc(C(N)=O)c(Cl)c1)C(=O)O. The largest absolute Gasteiger partial charge is 0.481 e. The van der Waals surface area contributed by atoms with Gasteiger partial charge in [0.1, 0.15) is 0 Å². The number of carbonyl (C=O) groups excluding carboxylic acids is 1. The van der Waals surface area contributed by atoms with E-state index in [2.05, 4.69) is 5.32 Å². The van der Waals surface area contributed by atoms with Crippen LogP contribution in [-0.2, 0) is 4.79 Å². The van der Waals surface area contributed by atoms with Crippen LogP contribution in [0.3, 0.4) is 0 Å². The molecular formula is C12H15ClN2O3. The molecule has 18 heavy (non-hydrogen) atoms. The molecule has 0 fully saturated rings. The number of carboxylic acids is 1. The molecule has 0 saturated carbocycles. The number of amides is 1. The highest BCUT2D eigenvalue weighted by atomic mass is 35.5. The van der Waals surface area contributed by atoms with Crippen molar-refractivity contribution in [2.45, 2.75) is 13.3 Å². The van der Waals surface area contributed by atoms with E-state index in [4.69, 9.17) is 22.4 Å². The highest BCUT2D eigenvalue weighted by molar-refractivity contribution is 6.34. The van der Waals surface area contributed by atoms with E-state index >= 15 is 0 Å². The summed E-state index contributed by atoms with van der Waals surface area (Å²) in [5, 5.41) is 12.0. The van der Waals surface area contributed by atoms with Crippen LogP contribution >= 0.6 is 11.6 Å². The molecular weight excluding hydrogens is 256 g/mol. The number of nitrogens with two attached hydrogens (primary N) is 1. The van der Waals surface area contributed by atoms with Gasteiger partial charge in [-0.3, -0.25) is 9.59 Å². The third-order valence-corrected chi connectivity index (χ3v) is 2.88. The van der Waals surface area contributed by atoms with Gasteiger partial charge in [0.25, 0.3) is 0 Å². The summed E-state index contributed by atoms with van der Waals surface area (Å²) < 4.78 is 0. The summed E-state index contributed by atoms with van der Waals surface area (Å²) in [5.74, 6) is -1.80. The smallest absolute Gasteiger partial charge is 0.306 e. The van der Waals surface area contributed by atoms with Crippen LogP contribution in [0.1, 0.15) is 23.7 Å². The van der Waals surface area contributed by atoms with Crippen molar-refractivity contribution >= 4 is 29.2 Å². The summed E-state index contributed by atoms with van der Waals surface area (Å²) in [6.45, 7) is 2.16. The number of aliphatic carboxylic acids is 1. The summed E-state index contributed by atoms with van der Waals surface area (Å²) in [6, 6.07) is 4.80. The van der Waals surface area contributed by atoms with Crippen molar-refractivity contribution < 1.29 is 14.7 Å². The normalized spacial score (nSPS) is 11.9. The Kier molecular flexibility index (Phi) is 4.97. The molecule has 0 bridgehead atoms. The molecule has 0 radical (unpaired) electrons. The predicted octanol–water partition coefficient (Wildman–Crippen LogP) is 1.96. The first-order valence-corrected chi connectivity index (χ1v) is 5.85. The van der Waals surface area contributed by atoms with Gasteiger partial charge in [0, 0.05) is 12.2 Å². The van der Waals surface area contributed by atoms with Gasteiger partial charge in [-0.15, -0.1) is 0 Å². The minimum Gasteiger partial charge on any atom is -0.481 e. The van der Waals surface area contributed by atoms with Gasteiger partial charge in [-0.1, -0.05) is 18.5 Å². The van der Waals surface area contributed by atoms with Gasteiger partial charge >= 0.3 is 5.97 Å². The Bertz CT molecular complexity index is 463. The number of anilines is 1. The van der Waals surface area contributed by atoms with E-state index in [9.17, 15) is 9.59 Å². The first-order chi connectivity index (χ1) is 8.41. The molecule has 0 aliphatic heterocycles. The van der Waals surface area contributed by atoms with Crippen LogP contribution in [0.2, 0.25) is 5.02 Å². The average molecular weight is 271 g/mol. The molecule has 5 nitrogen and oxygen atoms in total. The molecule has 0 aromatic heterocycles. The Balaban J connectivity index is 2.56. The second kappa shape index (κ2) is 6.26. The number of rotatable bonds is 6. The van der Waals surface area contributed by atoms with Crippen LogP contribution in [0.5, 0.6) is 0 Å². The number of halogens is 1. The second-order valence-corrected chi connectivity index (χ2v) is 4.42. The Morgan fingerprint density at radius 3 is 2.67 bits per heavy atom. The zero-order valence-corrected chi connectivity index (χ0v) is 10.7. The van der Waals surface area contributed by atoms with Gasteiger partial charge < -0.3 is 16.2 Å². The number of hydrogen-bond donors (Lipinski definition) is 3. The summed E-state index contributed by atoms with van der Waals surface area (Å²) >= 11 is 5.88. The Morgan fingerprint density at radius 1 is 1.50 bits per heavy atom. The summed E-state index contributed by atoms with van der Waals surface area (Å²) in [7, 11) is 0. The van der Waals surface area contributed by atoms with E-state index in [0.29, 0.717) is 13.0 Å². The van der Waals surface area contributed by atoms with Crippen LogP contribution in [-0.4, -0.2) is 23.5 Å². The van der Waals surface area contributed by atoms with Crippen LogP contribution in [0.25, 0.3) is 0 Å². The van der Waals surface area contributed by atoms with Gasteiger partial charge in [-0.2, -0.15) is 0 Å². The summed E-state index contributed by atoms with van der Waals surface area (Å²) in [4.78, 5) is 21.6. The first kappa shape index (κ1) is 14.3. The molecule has 1 rings (SSSR count).